The van der Waals surface area contributed by atoms with Crippen LogP contribution in [0.3, 0.4) is 0 Å². The number of benzene rings is 2. The van der Waals surface area contributed by atoms with Crippen molar-refractivity contribution in [3.05, 3.63) is 53.1 Å². The normalized spacial score (nSPS) is 32.4. The lowest BCUT2D eigenvalue weighted by Crippen LogP contribution is -2.45. The minimum atomic E-state index is 0.381. The molecule has 3 aliphatic carbocycles. The number of ether oxygens (including phenoxy) is 2. The third-order valence-corrected chi connectivity index (χ3v) is 9.32. The molecular weight excluding hydrogens is 412 g/mol. The molecule has 2 aromatic rings. The smallest absolute Gasteiger partial charge is 0.153 e. The van der Waals surface area contributed by atoms with Gasteiger partial charge in [-0.05, 0) is 109 Å². The van der Waals surface area contributed by atoms with Crippen LogP contribution in [0.4, 0.5) is 0 Å². The zero-order chi connectivity index (χ0) is 23.2. The van der Waals surface area contributed by atoms with Crippen LogP contribution in [0.5, 0.6) is 17.2 Å². The molecule has 0 aliphatic heterocycles. The highest BCUT2D eigenvalue weighted by atomic mass is 16.5. The zero-order valence-corrected chi connectivity index (χ0v) is 20.0. The molecule has 0 amide bonds. The molecule has 4 nitrogen and oxygen atoms in total. The molecule has 4 unspecified atom stereocenters. The van der Waals surface area contributed by atoms with Crippen molar-refractivity contribution in [2.75, 3.05) is 13.7 Å². The van der Waals surface area contributed by atoms with Crippen molar-refractivity contribution in [3.63, 3.8) is 0 Å². The molecule has 2 fully saturated rings. The highest BCUT2D eigenvalue weighted by Crippen LogP contribution is 2.64. The van der Waals surface area contributed by atoms with Crippen LogP contribution in [-0.4, -0.2) is 25.1 Å². The number of aromatic hydroxyl groups is 1. The summed E-state index contributed by atoms with van der Waals surface area (Å²) in [5.41, 5.74) is 3.79. The van der Waals surface area contributed by atoms with Crippen molar-refractivity contribution in [1.82, 2.24) is 0 Å². The number of hydrogen-bond donors (Lipinski definition) is 1. The Kier molecular flexibility index (Phi) is 5.88. The first kappa shape index (κ1) is 22.3. The first-order valence-corrected chi connectivity index (χ1v) is 12.5. The summed E-state index contributed by atoms with van der Waals surface area (Å²) in [7, 11) is 1.58. The first-order chi connectivity index (χ1) is 15.9. The van der Waals surface area contributed by atoms with Gasteiger partial charge in [-0.25, -0.2) is 0 Å². The van der Waals surface area contributed by atoms with Gasteiger partial charge in [0.1, 0.15) is 17.2 Å². The second kappa shape index (κ2) is 8.70. The Morgan fingerprint density at radius 1 is 1.15 bits per heavy atom. The molecule has 2 aromatic carbocycles. The van der Waals surface area contributed by atoms with Gasteiger partial charge in [0, 0.05) is 6.07 Å². The fourth-order valence-electron chi connectivity index (χ4n) is 7.75. The number of phenols is 1. The summed E-state index contributed by atoms with van der Waals surface area (Å²) in [5.74, 6) is 5.23. The molecule has 4 heteroatoms. The number of aldehydes is 1. The third-order valence-electron chi connectivity index (χ3n) is 9.32. The summed E-state index contributed by atoms with van der Waals surface area (Å²) in [6.07, 6.45) is 8.11. The highest BCUT2D eigenvalue weighted by Gasteiger charge is 2.55. The van der Waals surface area contributed by atoms with Gasteiger partial charge in [-0.1, -0.05) is 19.9 Å². The molecule has 0 bridgehead atoms. The first-order valence-electron chi connectivity index (χ1n) is 12.5. The molecule has 0 heterocycles. The van der Waals surface area contributed by atoms with Crippen LogP contribution in [-0.2, 0) is 6.42 Å². The Labute approximate surface area is 197 Å². The van der Waals surface area contributed by atoms with Crippen LogP contribution in [0.2, 0.25) is 0 Å². The second-order valence-corrected chi connectivity index (χ2v) is 10.8. The van der Waals surface area contributed by atoms with Crippen molar-refractivity contribution in [2.45, 2.75) is 58.3 Å². The number of methoxy groups -OCH3 is 1. The van der Waals surface area contributed by atoms with E-state index in [1.54, 1.807) is 13.2 Å². The maximum atomic E-state index is 11.1. The molecule has 5 rings (SSSR count). The fourth-order valence-corrected chi connectivity index (χ4v) is 7.75. The molecule has 0 radical (unpaired) electrons. The van der Waals surface area contributed by atoms with E-state index in [0.29, 0.717) is 46.8 Å². The Morgan fingerprint density at radius 3 is 2.79 bits per heavy atom. The highest BCUT2D eigenvalue weighted by molar-refractivity contribution is 5.79. The van der Waals surface area contributed by atoms with Gasteiger partial charge in [-0.15, -0.1) is 0 Å². The van der Waals surface area contributed by atoms with E-state index in [1.807, 2.05) is 24.3 Å². The van der Waals surface area contributed by atoms with Crippen molar-refractivity contribution >= 4 is 6.29 Å². The molecule has 6 atom stereocenters. The van der Waals surface area contributed by atoms with Crippen LogP contribution in [0.25, 0.3) is 0 Å². The molecular formula is C29H36O4. The summed E-state index contributed by atoms with van der Waals surface area (Å²) in [5, 5.41) is 9.98. The molecule has 1 N–H and O–H groups in total. The number of carbonyl (C=O) groups is 1. The maximum Gasteiger partial charge on any atom is 0.153 e. The van der Waals surface area contributed by atoms with E-state index in [0.717, 1.165) is 36.7 Å². The van der Waals surface area contributed by atoms with Crippen LogP contribution in [0.15, 0.2) is 36.4 Å². The predicted molar refractivity (Wildman–Crippen MR) is 129 cm³/mol. The average molecular weight is 449 g/mol. The lowest BCUT2D eigenvalue weighted by molar-refractivity contribution is 0.000914. The Bertz CT molecular complexity index is 1030. The van der Waals surface area contributed by atoms with Crippen LogP contribution in [0, 0.1) is 29.1 Å². The number of phenolic OH excluding ortho intramolecular Hbond substituents is 1. The quantitative estimate of drug-likeness (QED) is 0.520. The van der Waals surface area contributed by atoms with Gasteiger partial charge in [0.2, 0.25) is 0 Å². The van der Waals surface area contributed by atoms with Gasteiger partial charge in [-0.3, -0.25) is 4.79 Å². The van der Waals surface area contributed by atoms with Crippen LogP contribution < -0.4 is 9.47 Å². The fraction of sp³-hybridized carbons (Fsp3) is 0.552. The molecule has 33 heavy (non-hydrogen) atoms. The second-order valence-electron chi connectivity index (χ2n) is 10.8. The lowest BCUT2D eigenvalue weighted by atomic mass is 9.51. The monoisotopic (exact) mass is 448 g/mol. The maximum absolute atomic E-state index is 11.1. The minimum absolute atomic E-state index is 0.381. The summed E-state index contributed by atoms with van der Waals surface area (Å²) >= 11 is 0. The van der Waals surface area contributed by atoms with Crippen LogP contribution in [0.1, 0.15) is 73.4 Å². The van der Waals surface area contributed by atoms with E-state index >= 15 is 0 Å². The van der Waals surface area contributed by atoms with Crippen LogP contribution >= 0.6 is 0 Å². The van der Waals surface area contributed by atoms with Crippen molar-refractivity contribution in [3.8, 4) is 17.2 Å². The summed E-state index contributed by atoms with van der Waals surface area (Å²) < 4.78 is 11.4. The van der Waals surface area contributed by atoms with E-state index < -0.39 is 0 Å². The summed E-state index contributed by atoms with van der Waals surface area (Å²) in [6.45, 7) is 5.68. The van der Waals surface area contributed by atoms with E-state index in [4.69, 9.17) is 9.47 Å². The molecule has 176 valence electrons. The van der Waals surface area contributed by atoms with Gasteiger partial charge in [0.25, 0.3) is 0 Å². The Hall–Kier alpha value is -2.49. The summed E-state index contributed by atoms with van der Waals surface area (Å²) in [6, 6.07) is 11.5. The number of rotatable bonds is 6. The average Bonchev–Trinajstić information content (AvgIpc) is 3.14. The van der Waals surface area contributed by atoms with Gasteiger partial charge >= 0.3 is 0 Å². The largest absolute Gasteiger partial charge is 0.508 e. The number of carbonyl (C=O) groups excluding carboxylic acids is 1. The SMILES string of the molecule is COc1cc(OCC[C@H]2CCC3C4C(CCC32C)c2ccc(O)cc2C[C@H]4C)ccc1C=O. The van der Waals surface area contributed by atoms with Gasteiger partial charge in [0.05, 0.1) is 19.3 Å². The van der Waals surface area contributed by atoms with Crippen molar-refractivity contribution < 1.29 is 19.4 Å². The minimum Gasteiger partial charge on any atom is -0.508 e. The molecule has 0 aromatic heterocycles. The van der Waals surface area contributed by atoms with E-state index in [9.17, 15) is 9.90 Å². The molecule has 0 spiro atoms. The van der Waals surface area contributed by atoms with Crippen molar-refractivity contribution in [2.24, 2.45) is 29.1 Å². The number of hydrogen-bond acceptors (Lipinski definition) is 4. The molecule has 2 saturated carbocycles. The van der Waals surface area contributed by atoms with Gasteiger partial charge < -0.3 is 14.6 Å². The Morgan fingerprint density at radius 2 is 2.00 bits per heavy atom. The molecule has 0 saturated heterocycles. The number of fused-ring (bicyclic) bond motifs is 5. The lowest BCUT2D eigenvalue weighted by Gasteiger charge is -2.53. The third kappa shape index (κ3) is 3.82. The topological polar surface area (TPSA) is 55.8 Å². The summed E-state index contributed by atoms with van der Waals surface area (Å²) in [4.78, 5) is 11.1. The van der Waals surface area contributed by atoms with Crippen molar-refractivity contribution in [1.29, 1.82) is 0 Å². The predicted octanol–water partition coefficient (Wildman–Crippen LogP) is 6.40. The molecule has 3 aliphatic rings. The van der Waals surface area contributed by atoms with E-state index in [1.165, 1.54) is 36.8 Å². The van der Waals surface area contributed by atoms with E-state index in [2.05, 4.69) is 19.9 Å². The van der Waals surface area contributed by atoms with Gasteiger partial charge in [-0.2, -0.15) is 0 Å². The van der Waals surface area contributed by atoms with Gasteiger partial charge in [0.15, 0.2) is 6.29 Å². The standard InChI is InChI=1S/C29H36O4/c1-18-14-20-15-22(31)6-8-24(20)25-10-12-29(2)21(5-9-26(29)28(18)25)11-13-33-23-7-4-19(17-30)27(16-23)32-3/h4,6-8,15-18,21,25-26,28,31H,5,9-14H2,1-3H3/t18-,21-,25?,26?,28?,29?/m1/s1. The van der Waals surface area contributed by atoms with E-state index in [-0.39, 0.29) is 0 Å². The Balaban J connectivity index is 1.27. The zero-order valence-electron chi connectivity index (χ0n) is 20.0.